The Kier molecular flexibility index (Phi) is 8.37. The molecule has 0 saturated heterocycles. The van der Waals surface area contributed by atoms with E-state index in [0.717, 1.165) is 22.3 Å². The fourth-order valence-corrected chi connectivity index (χ4v) is 3.51. The third-order valence-electron chi connectivity index (χ3n) is 5.81. The van der Waals surface area contributed by atoms with Gasteiger partial charge in [-0.2, -0.15) is 0 Å². The van der Waals surface area contributed by atoms with E-state index in [1.807, 2.05) is 44.2 Å². The molecule has 0 saturated carbocycles. The second kappa shape index (κ2) is 10.8. The van der Waals surface area contributed by atoms with E-state index in [1.165, 1.54) is 23.6 Å². The number of ether oxygens (including phenoxy) is 2. The third kappa shape index (κ3) is 6.41. The van der Waals surface area contributed by atoms with Crippen LogP contribution in [0.4, 0.5) is 0 Å². The van der Waals surface area contributed by atoms with Gasteiger partial charge >= 0.3 is 11.9 Å². The zero-order chi connectivity index (χ0) is 23.1. The minimum absolute atomic E-state index is 0.120. The summed E-state index contributed by atoms with van der Waals surface area (Å²) in [5.41, 5.74) is 7.64. The van der Waals surface area contributed by atoms with Crippen molar-refractivity contribution < 1.29 is 23.9 Å². The van der Waals surface area contributed by atoms with Gasteiger partial charge in [0, 0.05) is 13.3 Å². The van der Waals surface area contributed by atoms with Crippen molar-refractivity contribution >= 4 is 17.8 Å². The molecule has 0 aliphatic carbocycles. The van der Waals surface area contributed by atoms with Crippen LogP contribution in [-0.2, 0) is 36.9 Å². The van der Waals surface area contributed by atoms with Gasteiger partial charge in [0.2, 0.25) is 5.91 Å². The molecule has 6 nitrogen and oxygen atoms in total. The average molecular weight is 426 g/mol. The molecule has 6 heteroatoms. The predicted octanol–water partition coefficient (Wildman–Crippen LogP) is 3.56. The molecule has 0 bridgehead atoms. The molecule has 0 heterocycles. The molecule has 0 aliphatic rings. The summed E-state index contributed by atoms with van der Waals surface area (Å²) in [7, 11) is 0. The van der Waals surface area contributed by atoms with Gasteiger partial charge in [0.05, 0.1) is 0 Å². The maximum Gasteiger partial charge on any atom is 0.344 e. The highest BCUT2D eigenvalue weighted by Crippen LogP contribution is 2.26. The Hall–Kier alpha value is -3.15. The zero-order valence-corrected chi connectivity index (χ0v) is 19.1. The van der Waals surface area contributed by atoms with Crippen molar-refractivity contribution in [2.24, 2.45) is 0 Å². The van der Waals surface area contributed by atoms with Gasteiger partial charge in [-0.25, -0.2) is 9.59 Å². The number of hydrogen-bond acceptors (Lipinski definition) is 5. The van der Waals surface area contributed by atoms with Crippen molar-refractivity contribution in [2.45, 2.75) is 60.6 Å². The van der Waals surface area contributed by atoms with Crippen molar-refractivity contribution in [3.05, 3.63) is 69.3 Å². The molecule has 1 amide bonds. The van der Waals surface area contributed by atoms with E-state index in [9.17, 15) is 14.4 Å². The summed E-state index contributed by atoms with van der Waals surface area (Å²) in [6.07, 6.45) is 0.272. The second-order valence-corrected chi connectivity index (χ2v) is 7.81. The van der Waals surface area contributed by atoms with Crippen LogP contribution in [-0.4, -0.2) is 30.5 Å². The van der Waals surface area contributed by atoms with Crippen LogP contribution in [0.1, 0.15) is 45.9 Å². The summed E-state index contributed by atoms with van der Waals surface area (Å²) < 4.78 is 10.5. The lowest BCUT2D eigenvalue weighted by atomic mass is 9.90. The number of hydrogen-bond donors (Lipinski definition) is 1. The van der Waals surface area contributed by atoms with Gasteiger partial charge < -0.3 is 14.8 Å². The maximum atomic E-state index is 12.5. The first-order chi connectivity index (χ1) is 14.6. The Morgan fingerprint density at radius 2 is 1.39 bits per heavy atom. The zero-order valence-electron chi connectivity index (χ0n) is 19.1. The van der Waals surface area contributed by atoms with E-state index in [2.05, 4.69) is 26.1 Å². The van der Waals surface area contributed by atoms with E-state index in [0.29, 0.717) is 0 Å². The molecule has 0 radical (unpaired) electrons. The lowest BCUT2D eigenvalue weighted by Crippen LogP contribution is -2.43. The first kappa shape index (κ1) is 24.1. The van der Waals surface area contributed by atoms with Crippen molar-refractivity contribution in [2.75, 3.05) is 6.61 Å². The lowest BCUT2D eigenvalue weighted by Gasteiger charge is -2.19. The van der Waals surface area contributed by atoms with Gasteiger partial charge in [0.15, 0.2) is 6.61 Å². The highest BCUT2D eigenvalue weighted by molar-refractivity contribution is 5.85. The fourth-order valence-electron chi connectivity index (χ4n) is 3.51. The summed E-state index contributed by atoms with van der Waals surface area (Å²) in [5.74, 6) is -1.66. The molecule has 0 aliphatic heterocycles. The molecular formula is C25H31NO5. The summed E-state index contributed by atoms with van der Waals surface area (Å²) in [6.45, 7) is 11.2. The van der Waals surface area contributed by atoms with Crippen LogP contribution in [0.25, 0.3) is 0 Å². The first-order valence-electron chi connectivity index (χ1n) is 10.3. The SMILES string of the molecule is CC(=O)NC(Cc1ccccc1)C(=O)OCC(=O)OCc1c(C)c(C)c(C)c(C)c1C. The summed E-state index contributed by atoms with van der Waals surface area (Å²) in [5, 5.41) is 2.58. The average Bonchev–Trinajstić information content (AvgIpc) is 2.74. The normalized spacial score (nSPS) is 11.5. The van der Waals surface area contributed by atoms with Crippen molar-refractivity contribution in [3.8, 4) is 0 Å². The smallest absolute Gasteiger partial charge is 0.344 e. The molecule has 1 unspecified atom stereocenters. The lowest BCUT2D eigenvalue weighted by molar-refractivity contribution is -0.161. The topological polar surface area (TPSA) is 81.7 Å². The number of esters is 2. The van der Waals surface area contributed by atoms with Crippen molar-refractivity contribution in [1.29, 1.82) is 0 Å². The van der Waals surface area contributed by atoms with Gasteiger partial charge in [0.25, 0.3) is 0 Å². The van der Waals surface area contributed by atoms with Crippen LogP contribution in [0.2, 0.25) is 0 Å². The standard InChI is InChI=1S/C25H31NO5/c1-15-16(2)18(4)22(19(5)17(15)3)13-30-24(28)14-31-25(29)23(26-20(6)27)12-21-10-8-7-9-11-21/h7-11,23H,12-14H2,1-6H3,(H,26,27). The van der Waals surface area contributed by atoms with Crippen LogP contribution in [0.3, 0.4) is 0 Å². The Balaban J connectivity index is 1.96. The fraction of sp³-hybridized carbons (Fsp3) is 0.400. The van der Waals surface area contributed by atoms with Gasteiger partial charge in [-0.1, -0.05) is 30.3 Å². The molecule has 0 aromatic heterocycles. The van der Waals surface area contributed by atoms with Gasteiger partial charge in [-0.15, -0.1) is 0 Å². The minimum Gasteiger partial charge on any atom is -0.458 e. The van der Waals surface area contributed by atoms with Gasteiger partial charge in [-0.3, -0.25) is 4.79 Å². The molecule has 2 rings (SSSR count). The molecule has 166 valence electrons. The summed E-state index contributed by atoms with van der Waals surface area (Å²) in [6, 6.07) is 8.40. The Labute approximate surface area is 183 Å². The van der Waals surface area contributed by atoms with E-state index in [-0.39, 0.29) is 18.9 Å². The van der Waals surface area contributed by atoms with Crippen LogP contribution in [0.15, 0.2) is 30.3 Å². The minimum atomic E-state index is -0.875. The molecule has 0 spiro atoms. The van der Waals surface area contributed by atoms with E-state index in [1.54, 1.807) is 0 Å². The molecule has 1 atom stereocenters. The molecule has 31 heavy (non-hydrogen) atoms. The van der Waals surface area contributed by atoms with Crippen LogP contribution in [0, 0.1) is 34.6 Å². The molecule has 0 fully saturated rings. The largest absolute Gasteiger partial charge is 0.458 e. The molecule has 2 aromatic rings. The number of nitrogens with one attached hydrogen (secondary N) is 1. The van der Waals surface area contributed by atoms with Crippen molar-refractivity contribution in [1.82, 2.24) is 5.32 Å². The van der Waals surface area contributed by atoms with Gasteiger partial charge in [-0.05, 0) is 73.6 Å². The van der Waals surface area contributed by atoms with Crippen LogP contribution >= 0.6 is 0 Å². The third-order valence-corrected chi connectivity index (χ3v) is 5.81. The maximum absolute atomic E-state index is 12.5. The Bertz CT molecular complexity index is 937. The highest BCUT2D eigenvalue weighted by atomic mass is 16.6. The quantitative estimate of drug-likeness (QED) is 0.654. The monoisotopic (exact) mass is 425 g/mol. The van der Waals surface area contributed by atoms with E-state index >= 15 is 0 Å². The second-order valence-electron chi connectivity index (χ2n) is 7.81. The van der Waals surface area contributed by atoms with Crippen LogP contribution in [0.5, 0.6) is 0 Å². The number of benzene rings is 2. The Morgan fingerprint density at radius 3 is 1.94 bits per heavy atom. The predicted molar refractivity (Wildman–Crippen MR) is 119 cm³/mol. The van der Waals surface area contributed by atoms with Crippen molar-refractivity contribution in [3.63, 3.8) is 0 Å². The van der Waals surface area contributed by atoms with Gasteiger partial charge in [0.1, 0.15) is 12.6 Å². The number of carbonyl (C=O) groups excluding carboxylic acids is 3. The number of carbonyl (C=O) groups is 3. The molecular weight excluding hydrogens is 394 g/mol. The Morgan fingerprint density at radius 1 is 0.839 bits per heavy atom. The summed E-state index contributed by atoms with van der Waals surface area (Å²) in [4.78, 5) is 36.1. The number of rotatable bonds is 8. The van der Waals surface area contributed by atoms with E-state index in [4.69, 9.17) is 9.47 Å². The molecule has 2 aromatic carbocycles. The summed E-state index contributed by atoms with van der Waals surface area (Å²) >= 11 is 0. The molecule has 1 N–H and O–H groups in total. The highest BCUT2D eigenvalue weighted by Gasteiger charge is 2.23. The van der Waals surface area contributed by atoms with Crippen LogP contribution < -0.4 is 5.32 Å². The first-order valence-corrected chi connectivity index (χ1v) is 10.3. The number of amides is 1. The van der Waals surface area contributed by atoms with E-state index < -0.39 is 24.6 Å².